The molecule has 0 saturated heterocycles. The molecule has 3 N–H and O–H groups in total. The lowest BCUT2D eigenvalue weighted by molar-refractivity contribution is -0.118. The van der Waals surface area contributed by atoms with Crippen molar-refractivity contribution in [2.24, 2.45) is 5.92 Å². The smallest absolute Gasteiger partial charge is 0.339 e. The number of hydrogen-bond acceptors (Lipinski definition) is 8. The second-order valence-corrected chi connectivity index (χ2v) is 10.5. The highest BCUT2D eigenvalue weighted by Crippen LogP contribution is 2.30. The number of fused-ring (bicyclic) bond motifs is 1. The van der Waals surface area contributed by atoms with Gasteiger partial charge in [0.2, 0.25) is 5.91 Å². The number of thiazole rings is 1. The van der Waals surface area contributed by atoms with Gasteiger partial charge in [0.05, 0.1) is 10.2 Å². The average molecular weight is 477 g/mol. The number of amides is 1. The van der Waals surface area contributed by atoms with Crippen molar-refractivity contribution < 1.29 is 17.4 Å². The molecule has 0 aliphatic rings. The van der Waals surface area contributed by atoms with E-state index in [0.29, 0.717) is 21.4 Å². The van der Waals surface area contributed by atoms with Gasteiger partial charge in [-0.2, -0.15) is 8.42 Å². The molecule has 1 heterocycles. The zero-order chi connectivity index (χ0) is 23.3. The maximum absolute atomic E-state index is 12.7. The molecular weight excluding hydrogens is 448 g/mol. The fraction of sp³-hybridized carbons (Fsp3) is 0.364. The molecule has 0 fully saturated rings. The van der Waals surface area contributed by atoms with Gasteiger partial charge < -0.3 is 20.1 Å². The monoisotopic (exact) mass is 476 g/mol. The number of hydrogen-bond donors (Lipinski definition) is 3. The van der Waals surface area contributed by atoms with Crippen LogP contribution >= 0.6 is 11.3 Å². The van der Waals surface area contributed by atoms with Crippen LogP contribution in [0.2, 0.25) is 0 Å². The normalized spacial score (nSPS) is 11.8. The minimum Gasteiger partial charge on any atom is -0.384 e. The van der Waals surface area contributed by atoms with Crippen LogP contribution in [0.25, 0.3) is 10.2 Å². The number of nitrogens with zero attached hydrogens (tertiary/aromatic N) is 1. The predicted octanol–water partition coefficient (Wildman–Crippen LogP) is 4.07. The van der Waals surface area contributed by atoms with E-state index in [4.69, 9.17) is 4.18 Å². The maximum atomic E-state index is 12.7. The summed E-state index contributed by atoms with van der Waals surface area (Å²) >= 11 is 1.26. The van der Waals surface area contributed by atoms with Crippen LogP contribution in [-0.2, 0) is 14.9 Å². The summed E-state index contributed by atoms with van der Waals surface area (Å²) in [5.74, 6) is -0.105. The molecule has 172 valence electrons. The maximum Gasteiger partial charge on any atom is 0.339 e. The van der Waals surface area contributed by atoms with Gasteiger partial charge >= 0.3 is 10.1 Å². The molecule has 3 aromatic rings. The van der Waals surface area contributed by atoms with E-state index in [0.717, 1.165) is 18.8 Å². The van der Waals surface area contributed by atoms with Gasteiger partial charge in [-0.3, -0.25) is 4.79 Å². The summed E-state index contributed by atoms with van der Waals surface area (Å²) in [5.41, 5.74) is 1.48. The van der Waals surface area contributed by atoms with Crippen molar-refractivity contribution in [1.29, 1.82) is 0 Å². The Hall–Kier alpha value is -2.69. The van der Waals surface area contributed by atoms with Gasteiger partial charge in [0.1, 0.15) is 10.6 Å². The van der Waals surface area contributed by atoms with E-state index in [1.807, 2.05) is 0 Å². The lowest BCUT2D eigenvalue weighted by Crippen LogP contribution is -2.28. The van der Waals surface area contributed by atoms with Crippen molar-refractivity contribution in [2.45, 2.75) is 38.6 Å². The Morgan fingerprint density at radius 1 is 1.06 bits per heavy atom. The van der Waals surface area contributed by atoms with E-state index in [1.54, 1.807) is 44.2 Å². The number of anilines is 2. The Morgan fingerprint density at radius 2 is 1.78 bits per heavy atom. The molecule has 0 unspecified atom stereocenters. The number of benzene rings is 2. The van der Waals surface area contributed by atoms with E-state index < -0.39 is 10.1 Å². The van der Waals surface area contributed by atoms with Crippen molar-refractivity contribution in [3.05, 3.63) is 42.5 Å². The molecule has 3 rings (SSSR count). The van der Waals surface area contributed by atoms with Crippen LogP contribution in [0.15, 0.2) is 47.4 Å². The van der Waals surface area contributed by atoms with Gasteiger partial charge in [-0.15, -0.1) is 0 Å². The molecule has 0 aliphatic heterocycles. The number of carbonyl (C=O) groups is 1. The topological polar surface area (TPSA) is 109 Å². The van der Waals surface area contributed by atoms with Gasteiger partial charge in [-0.1, -0.05) is 39.0 Å². The third kappa shape index (κ3) is 6.41. The Bertz CT molecular complexity index is 1170. The van der Waals surface area contributed by atoms with Crippen molar-refractivity contribution in [3.63, 3.8) is 0 Å². The number of nitrogens with one attached hydrogen (secondary N) is 3. The molecule has 0 radical (unpaired) electrons. The first-order chi connectivity index (χ1) is 15.1. The van der Waals surface area contributed by atoms with Crippen LogP contribution in [-0.4, -0.2) is 38.4 Å². The summed E-state index contributed by atoms with van der Waals surface area (Å²) in [6, 6.07) is 11.7. The standard InChI is InChI=1S/C22H28N4O4S2/c1-14(2)21(27)26-22-25-19-10-7-17(13-20(19)31-22)30-32(28,29)18-8-5-16(6-9-18)24-12-11-23-15(3)4/h5-10,13-15,23-24H,11-12H2,1-4H3,(H,25,26,27). The molecule has 8 nitrogen and oxygen atoms in total. The van der Waals surface area contributed by atoms with Crippen molar-refractivity contribution in [3.8, 4) is 5.75 Å². The third-order valence-corrected chi connectivity index (χ3v) is 6.67. The van der Waals surface area contributed by atoms with E-state index in [2.05, 4.69) is 34.8 Å². The molecule has 1 amide bonds. The predicted molar refractivity (Wildman–Crippen MR) is 129 cm³/mol. The van der Waals surface area contributed by atoms with Crippen LogP contribution in [0.4, 0.5) is 10.8 Å². The average Bonchev–Trinajstić information content (AvgIpc) is 3.12. The minimum atomic E-state index is -3.98. The van der Waals surface area contributed by atoms with E-state index >= 15 is 0 Å². The van der Waals surface area contributed by atoms with Crippen molar-refractivity contribution >= 4 is 48.4 Å². The second-order valence-electron chi connectivity index (χ2n) is 7.89. The van der Waals surface area contributed by atoms with Gasteiger partial charge in [0, 0.05) is 36.8 Å². The summed E-state index contributed by atoms with van der Waals surface area (Å²) in [4.78, 5) is 16.3. The summed E-state index contributed by atoms with van der Waals surface area (Å²) < 4.78 is 31.4. The minimum absolute atomic E-state index is 0.0673. The number of rotatable bonds is 10. The molecule has 32 heavy (non-hydrogen) atoms. The van der Waals surface area contributed by atoms with Gasteiger partial charge in [-0.05, 0) is 36.4 Å². The Kier molecular flexibility index (Phi) is 7.70. The largest absolute Gasteiger partial charge is 0.384 e. The molecule has 0 spiro atoms. The number of carbonyl (C=O) groups excluding carboxylic acids is 1. The Morgan fingerprint density at radius 3 is 2.44 bits per heavy atom. The second kappa shape index (κ2) is 10.3. The van der Waals surface area contributed by atoms with Gasteiger partial charge in [-0.25, -0.2) is 4.98 Å². The summed E-state index contributed by atoms with van der Waals surface area (Å²) in [6.07, 6.45) is 0. The summed E-state index contributed by atoms with van der Waals surface area (Å²) in [5, 5.41) is 9.76. The molecule has 2 aromatic carbocycles. The Balaban J connectivity index is 1.67. The third-order valence-electron chi connectivity index (χ3n) is 4.47. The van der Waals surface area contributed by atoms with Crippen LogP contribution in [0.5, 0.6) is 5.75 Å². The highest BCUT2D eigenvalue weighted by molar-refractivity contribution is 7.87. The molecular formula is C22H28N4O4S2. The van der Waals surface area contributed by atoms with Gasteiger partial charge in [0.25, 0.3) is 0 Å². The highest BCUT2D eigenvalue weighted by Gasteiger charge is 2.18. The zero-order valence-corrected chi connectivity index (χ0v) is 20.1. The fourth-order valence-electron chi connectivity index (χ4n) is 2.74. The molecule has 1 aromatic heterocycles. The quantitative estimate of drug-likeness (QED) is 0.299. The Labute approximate surface area is 192 Å². The molecule has 0 saturated carbocycles. The first-order valence-corrected chi connectivity index (χ1v) is 12.6. The molecule has 0 bridgehead atoms. The van der Waals surface area contributed by atoms with Crippen LogP contribution in [0.1, 0.15) is 27.7 Å². The molecule has 0 aliphatic carbocycles. The van der Waals surface area contributed by atoms with Gasteiger partial charge in [0.15, 0.2) is 5.13 Å². The lowest BCUT2D eigenvalue weighted by atomic mass is 10.2. The summed E-state index contributed by atoms with van der Waals surface area (Å²) in [6.45, 7) is 9.29. The van der Waals surface area contributed by atoms with E-state index in [1.165, 1.54) is 23.5 Å². The SMILES string of the molecule is CC(C)NCCNc1ccc(S(=O)(=O)Oc2ccc3nc(NC(=O)C(C)C)sc3c2)cc1. The van der Waals surface area contributed by atoms with E-state index in [9.17, 15) is 13.2 Å². The first kappa shape index (κ1) is 24.0. The van der Waals surface area contributed by atoms with Crippen LogP contribution < -0.4 is 20.1 Å². The first-order valence-electron chi connectivity index (χ1n) is 10.4. The summed E-state index contributed by atoms with van der Waals surface area (Å²) in [7, 11) is -3.98. The van der Waals surface area contributed by atoms with Crippen molar-refractivity contribution in [2.75, 3.05) is 23.7 Å². The fourth-order valence-corrected chi connectivity index (χ4v) is 4.56. The molecule has 0 atom stereocenters. The van der Waals surface area contributed by atoms with Crippen LogP contribution in [0.3, 0.4) is 0 Å². The number of aromatic nitrogens is 1. The highest BCUT2D eigenvalue weighted by atomic mass is 32.2. The van der Waals surface area contributed by atoms with Crippen molar-refractivity contribution in [1.82, 2.24) is 10.3 Å². The zero-order valence-electron chi connectivity index (χ0n) is 18.5. The van der Waals surface area contributed by atoms with E-state index in [-0.39, 0.29) is 22.5 Å². The lowest BCUT2D eigenvalue weighted by Gasteiger charge is -2.11. The molecule has 10 heteroatoms. The van der Waals surface area contributed by atoms with Crippen LogP contribution in [0, 0.1) is 5.92 Å².